The number of nitrogens with one attached hydrogen (secondary N) is 1. The molecule has 2 fully saturated rings. The van der Waals surface area contributed by atoms with Gasteiger partial charge in [0.05, 0.1) is 0 Å². The summed E-state index contributed by atoms with van der Waals surface area (Å²) in [7, 11) is 2.19. The van der Waals surface area contributed by atoms with Gasteiger partial charge in [-0.1, -0.05) is 30.3 Å². The molecule has 2 aliphatic rings. The molecule has 1 aromatic carbocycles. The Morgan fingerprint density at radius 1 is 1.24 bits per heavy atom. The smallest absolute Gasteiger partial charge is 0.223 e. The van der Waals surface area contributed by atoms with E-state index in [0.717, 1.165) is 58.4 Å². The molecule has 3 atom stereocenters. The summed E-state index contributed by atoms with van der Waals surface area (Å²) in [4.78, 5) is 17.1. The number of carbonyl (C=O) groups excluding carboxylic acids is 1. The van der Waals surface area contributed by atoms with Crippen molar-refractivity contribution in [2.75, 3.05) is 39.8 Å². The van der Waals surface area contributed by atoms with Gasteiger partial charge >= 0.3 is 0 Å². The number of rotatable bonds is 6. The fourth-order valence-electron chi connectivity index (χ4n) is 4.11. The molecule has 138 valence electrons. The van der Waals surface area contributed by atoms with E-state index in [4.69, 9.17) is 5.73 Å². The van der Waals surface area contributed by atoms with Gasteiger partial charge in [-0.3, -0.25) is 9.69 Å². The molecule has 0 radical (unpaired) electrons. The molecule has 1 saturated heterocycles. The molecule has 1 saturated carbocycles. The first-order valence-corrected chi connectivity index (χ1v) is 9.64. The predicted octanol–water partition coefficient (Wildman–Crippen LogP) is 1.61. The third kappa shape index (κ3) is 5.03. The van der Waals surface area contributed by atoms with E-state index in [1.807, 2.05) is 0 Å². The number of hydrogen-bond donors (Lipinski definition) is 2. The zero-order valence-corrected chi connectivity index (χ0v) is 15.4. The molecular formula is C20H32N4O. The van der Waals surface area contributed by atoms with E-state index in [1.54, 1.807) is 0 Å². The molecule has 3 rings (SSSR count). The standard InChI is InChI=1S/C20H32N4O/c1-23-12-13-24(19(15-23)16-6-3-2-4-7-16)11-5-10-22-20(25)17-8-9-18(21)14-17/h2-4,6-7,17-19H,5,8-15,21H2,1H3,(H,22,25). The van der Waals surface area contributed by atoms with Crippen LogP contribution in [0.4, 0.5) is 0 Å². The average molecular weight is 345 g/mol. The lowest BCUT2D eigenvalue weighted by molar-refractivity contribution is -0.124. The van der Waals surface area contributed by atoms with Crippen LogP contribution in [0.15, 0.2) is 30.3 Å². The van der Waals surface area contributed by atoms with Crippen LogP contribution >= 0.6 is 0 Å². The van der Waals surface area contributed by atoms with Crippen molar-refractivity contribution in [1.82, 2.24) is 15.1 Å². The first-order valence-electron chi connectivity index (χ1n) is 9.64. The molecule has 1 aliphatic heterocycles. The minimum atomic E-state index is 0.135. The van der Waals surface area contributed by atoms with Gasteiger partial charge in [0.1, 0.15) is 0 Å². The van der Waals surface area contributed by atoms with Crippen molar-refractivity contribution in [3.05, 3.63) is 35.9 Å². The maximum Gasteiger partial charge on any atom is 0.223 e. The molecule has 25 heavy (non-hydrogen) atoms. The Morgan fingerprint density at radius 2 is 2.04 bits per heavy atom. The molecule has 1 aliphatic carbocycles. The molecule has 3 unspecified atom stereocenters. The van der Waals surface area contributed by atoms with Gasteiger partial charge in [-0.2, -0.15) is 0 Å². The molecule has 0 spiro atoms. The Bertz CT molecular complexity index is 550. The van der Waals surface area contributed by atoms with E-state index in [2.05, 4.69) is 52.5 Å². The molecule has 0 aromatic heterocycles. The lowest BCUT2D eigenvalue weighted by Crippen LogP contribution is -2.47. The summed E-state index contributed by atoms with van der Waals surface area (Å²) >= 11 is 0. The van der Waals surface area contributed by atoms with Crippen molar-refractivity contribution < 1.29 is 4.79 Å². The topological polar surface area (TPSA) is 61.6 Å². The summed E-state index contributed by atoms with van der Waals surface area (Å²) in [5, 5.41) is 3.12. The Kier molecular flexibility index (Phi) is 6.45. The lowest BCUT2D eigenvalue weighted by Gasteiger charge is -2.40. The Morgan fingerprint density at radius 3 is 2.76 bits per heavy atom. The van der Waals surface area contributed by atoms with Gasteiger partial charge in [-0.05, 0) is 38.3 Å². The summed E-state index contributed by atoms with van der Waals surface area (Å²) < 4.78 is 0. The van der Waals surface area contributed by atoms with Gasteiger partial charge in [0.25, 0.3) is 0 Å². The predicted molar refractivity (Wildman–Crippen MR) is 101 cm³/mol. The van der Waals surface area contributed by atoms with Gasteiger partial charge in [-0.25, -0.2) is 0 Å². The SMILES string of the molecule is CN1CCN(CCCNC(=O)C2CCC(N)C2)C(c2ccccc2)C1. The normalized spacial score (nSPS) is 28.2. The minimum Gasteiger partial charge on any atom is -0.356 e. The first-order chi connectivity index (χ1) is 12.1. The second-order valence-corrected chi connectivity index (χ2v) is 7.64. The molecule has 1 aromatic rings. The van der Waals surface area contributed by atoms with E-state index < -0.39 is 0 Å². The van der Waals surface area contributed by atoms with Crippen LogP contribution in [0.25, 0.3) is 0 Å². The van der Waals surface area contributed by atoms with Crippen molar-refractivity contribution in [2.45, 2.75) is 37.8 Å². The molecular weight excluding hydrogens is 312 g/mol. The zero-order valence-electron chi connectivity index (χ0n) is 15.4. The van der Waals surface area contributed by atoms with E-state index in [-0.39, 0.29) is 17.9 Å². The van der Waals surface area contributed by atoms with Crippen LogP contribution in [-0.2, 0) is 4.79 Å². The van der Waals surface area contributed by atoms with Crippen LogP contribution < -0.4 is 11.1 Å². The highest BCUT2D eigenvalue weighted by Crippen LogP contribution is 2.25. The summed E-state index contributed by atoms with van der Waals surface area (Å²) in [5.74, 6) is 0.335. The molecule has 1 amide bonds. The molecule has 5 nitrogen and oxygen atoms in total. The maximum absolute atomic E-state index is 12.2. The van der Waals surface area contributed by atoms with E-state index in [9.17, 15) is 4.79 Å². The number of carbonyl (C=O) groups is 1. The fourth-order valence-corrected chi connectivity index (χ4v) is 4.11. The Labute approximate surface area is 151 Å². The Hall–Kier alpha value is -1.43. The largest absolute Gasteiger partial charge is 0.356 e. The molecule has 3 N–H and O–H groups in total. The van der Waals surface area contributed by atoms with Crippen molar-refractivity contribution in [2.24, 2.45) is 11.7 Å². The van der Waals surface area contributed by atoms with Gasteiger partial charge in [0, 0.05) is 50.7 Å². The van der Waals surface area contributed by atoms with Crippen LogP contribution in [0.5, 0.6) is 0 Å². The van der Waals surface area contributed by atoms with Crippen LogP contribution in [0.2, 0.25) is 0 Å². The number of nitrogens with zero attached hydrogens (tertiary/aromatic N) is 2. The number of amides is 1. The monoisotopic (exact) mass is 344 g/mol. The number of piperazine rings is 1. The highest BCUT2D eigenvalue weighted by Gasteiger charge is 2.28. The quantitative estimate of drug-likeness (QED) is 0.770. The van der Waals surface area contributed by atoms with Crippen LogP contribution in [-0.4, -0.2) is 61.5 Å². The lowest BCUT2D eigenvalue weighted by atomic mass is 10.0. The average Bonchev–Trinajstić information content (AvgIpc) is 3.07. The summed E-state index contributed by atoms with van der Waals surface area (Å²) in [6, 6.07) is 11.4. The molecule has 5 heteroatoms. The van der Waals surface area contributed by atoms with Crippen molar-refractivity contribution in [3.63, 3.8) is 0 Å². The van der Waals surface area contributed by atoms with E-state index in [0.29, 0.717) is 6.04 Å². The van der Waals surface area contributed by atoms with Gasteiger partial charge in [0.15, 0.2) is 0 Å². The highest BCUT2D eigenvalue weighted by atomic mass is 16.1. The second kappa shape index (κ2) is 8.79. The fraction of sp³-hybridized carbons (Fsp3) is 0.650. The second-order valence-electron chi connectivity index (χ2n) is 7.64. The molecule has 0 bridgehead atoms. The first kappa shape index (κ1) is 18.4. The summed E-state index contributed by atoms with van der Waals surface area (Å²) in [6.45, 7) is 5.05. The van der Waals surface area contributed by atoms with E-state index in [1.165, 1.54) is 5.56 Å². The summed E-state index contributed by atoms with van der Waals surface area (Å²) in [6.07, 6.45) is 3.78. The zero-order chi connectivity index (χ0) is 17.6. The minimum absolute atomic E-state index is 0.135. The highest BCUT2D eigenvalue weighted by molar-refractivity contribution is 5.78. The Balaban J connectivity index is 1.45. The number of likely N-dealkylation sites (N-methyl/N-ethyl adjacent to an activating group) is 1. The van der Waals surface area contributed by atoms with Crippen LogP contribution in [0, 0.1) is 5.92 Å². The van der Waals surface area contributed by atoms with Crippen LogP contribution in [0.3, 0.4) is 0 Å². The number of benzene rings is 1. The third-order valence-corrected chi connectivity index (χ3v) is 5.64. The van der Waals surface area contributed by atoms with Gasteiger partial charge in [0.2, 0.25) is 5.91 Å². The van der Waals surface area contributed by atoms with Crippen molar-refractivity contribution >= 4 is 5.91 Å². The van der Waals surface area contributed by atoms with E-state index >= 15 is 0 Å². The summed E-state index contributed by atoms with van der Waals surface area (Å²) in [5.41, 5.74) is 7.29. The van der Waals surface area contributed by atoms with Gasteiger partial charge in [-0.15, -0.1) is 0 Å². The van der Waals surface area contributed by atoms with Crippen LogP contribution in [0.1, 0.15) is 37.3 Å². The maximum atomic E-state index is 12.2. The number of hydrogen-bond acceptors (Lipinski definition) is 4. The third-order valence-electron chi connectivity index (χ3n) is 5.64. The van der Waals surface area contributed by atoms with Crippen molar-refractivity contribution in [1.29, 1.82) is 0 Å². The van der Waals surface area contributed by atoms with Crippen molar-refractivity contribution in [3.8, 4) is 0 Å². The molecule has 1 heterocycles. The van der Waals surface area contributed by atoms with Gasteiger partial charge < -0.3 is 16.0 Å². The number of nitrogens with two attached hydrogens (primary N) is 1.